The Morgan fingerprint density at radius 1 is 1.16 bits per heavy atom. The van der Waals surface area contributed by atoms with E-state index in [4.69, 9.17) is 9.84 Å². The molecule has 37 heavy (non-hydrogen) atoms. The molecule has 10 nitrogen and oxygen atoms in total. The van der Waals surface area contributed by atoms with Gasteiger partial charge in [0.05, 0.1) is 35.9 Å². The number of hydrogen-bond donors (Lipinski definition) is 3. The third-order valence-corrected chi connectivity index (χ3v) is 8.84. The van der Waals surface area contributed by atoms with Crippen LogP contribution in [0.15, 0.2) is 36.4 Å². The number of amides is 1. The highest BCUT2D eigenvalue weighted by Gasteiger charge is 2.44. The fourth-order valence-electron chi connectivity index (χ4n) is 5.18. The molecule has 1 aromatic heterocycles. The number of benzene rings is 1. The first-order chi connectivity index (χ1) is 17.7. The van der Waals surface area contributed by atoms with Crippen molar-refractivity contribution >= 4 is 33.1 Å². The molecule has 11 heteroatoms. The quantitative estimate of drug-likeness (QED) is 0.429. The molecule has 0 atom stereocenters. The smallest absolute Gasteiger partial charge is 0.258 e. The molecule has 3 heterocycles. The first-order valence-corrected chi connectivity index (χ1v) is 14.5. The van der Waals surface area contributed by atoms with Crippen molar-refractivity contribution in [1.82, 2.24) is 9.88 Å². The van der Waals surface area contributed by atoms with E-state index in [-0.39, 0.29) is 5.91 Å². The van der Waals surface area contributed by atoms with E-state index in [1.807, 2.05) is 0 Å². The van der Waals surface area contributed by atoms with Crippen LogP contribution < -0.4 is 19.7 Å². The average molecular weight is 530 g/mol. The molecule has 3 N–H and O–H groups in total. The molecule has 1 aromatic carbocycles. The number of nitrogens with zero attached hydrogens (tertiary/aromatic N) is 3. The lowest BCUT2D eigenvalue weighted by Gasteiger charge is -2.35. The zero-order chi connectivity index (χ0) is 26.0. The van der Waals surface area contributed by atoms with Gasteiger partial charge in [0.1, 0.15) is 5.82 Å². The minimum Gasteiger partial charge on any atom is -0.477 e. The highest BCUT2D eigenvalue weighted by atomic mass is 32.2. The number of aromatic nitrogens is 1. The second-order valence-corrected chi connectivity index (χ2v) is 12.4. The van der Waals surface area contributed by atoms with Crippen LogP contribution in [0.25, 0.3) is 0 Å². The van der Waals surface area contributed by atoms with Crippen LogP contribution in [-0.2, 0) is 10.0 Å². The fraction of sp³-hybridized carbons (Fsp3) is 0.538. The number of nitrogens with one attached hydrogen (secondary N) is 2. The Bertz CT molecular complexity index is 1230. The number of sulfonamides is 1. The van der Waals surface area contributed by atoms with Crippen LogP contribution in [-0.4, -0.2) is 81.5 Å². The van der Waals surface area contributed by atoms with Gasteiger partial charge in [-0.15, -0.1) is 0 Å². The first-order valence-electron chi connectivity index (χ1n) is 12.8. The number of carbonyl (C=O) groups is 1. The van der Waals surface area contributed by atoms with Crippen molar-refractivity contribution in [3.05, 3.63) is 42.0 Å². The summed E-state index contributed by atoms with van der Waals surface area (Å²) in [4.78, 5) is 22.2. The van der Waals surface area contributed by atoms with Gasteiger partial charge in [0.25, 0.3) is 5.91 Å². The summed E-state index contributed by atoms with van der Waals surface area (Å²) in [6.45, 7) is 3.75. The first kappa shape index (κ1) is 25.7. The summed E-state index contributed by atoms with van der Waals surface area (Å²) in [5, 5.41) is 11.9. The maximum absolute atomic E-state index is 13.4. The second kappa shape index (κ2) is 10.5. The molecular formula is C26H35N5O5S. The Morgan fingerprint density at radius 3 is 2.59 bits per heavy atom. The van der Waals surface area contributed by atoms with Crippen molar-refractivity contribution in [3.8, 4) is 5.88 Å². The second-order valence-electron chi connectivity index (χ2n) is 10.6. The Morgan fingerprint density at radius 2 is 1.92 bits per heavy atom. The number of carbonyl (C=O) groups excluding carboxylic acids is 1. The summed E-state index contributed by atoms with van der Waals surface area (Å²) in [7, 11) is -1.61. The highest BCUT2D eigenvalue weighted by molar-refractivity contribution is 7.92. The number of likely N-dealkylation sites (tertiary alicyclic amines) is 1. The molecule has 1 amide bonds. The van der Waals surface area contributed by atoms with Crippen LogP contribution in [0, 0.1) is 11.3 Å². The van der Waals surface area contributed by atoms with Gasteiger partial charge in [-0.05, 0) is 62.4 Å². The molecule has 3 fully saturated rings. The summed E-state index contributed by atoms with van der Waals surface area (Å²) in [5.74, 6) is 0.629. The normalized spacial score (nSPS) is 19.4. The molecule has 1 spiro atoms. The SMILES string of the molecule is CN1CC(COc2cccc(NC(=O)c3ccc(NS(=O)(=O)CCO)cc3N3CCC4(CC3)CC4)n2)C1. The number of anilines is 3. The minimum atomic E-state index is -3.69. The predicted octanol–water partition coefficient (Wildman–Crippen LogP) is 2.39. The maximum atomic E-state index is 13.4. The topological polar surface area (TPSA) is 124 Å². The predicted molar refractivity (Wildman–Crippen MR) is 143 cm³/mol. The van der Waals surface area contributed by atoms with Crippen molar-refractivity contribution in [3.63, 3.8) is 0 Å². The molecule has 2 aromatic rings. The minimum absolute atomic E-state index is 0.322. The highest BCUT2D eigenvalue weighted by Crippen LogP contribution is 2.54. The standard InChI is InChI=1S/C26H35N5O5S/c1-30-16-19(17-30)18-36-24-4-2-3-23(27-24)28-25(33)21-6-5-20(29-37(34,35)14-13-32)15-22(21)31-11-9-26(7-8-26)10-12-31/h2-6,15,19,29,32H,7-14,16-18H2,1H3,(H,27,28,33). The largest absolute Gasteiger partial charge is 0.477 e. The number of aliphatic hydroxyl groups is 1. The van der Waals surface area contributed by atoms with Crippen molar-refractivity contribution in [2.75, 3.05) is 67.1 Å². The van der Waals surface area contributed by atoms with Crippen LogP contribution in [0.2, 0.25) is 0 Å². The Kier molecular flexibility index (Phi) is 7.28. The monoisotopic (exact) mass is 529 g/mol. The van der Waals surface area contributed by atoms with Gasteiger partial charge in [0.15, 0.2) is 0 Å². The number of ether oxygens (including phenoxy) is 1. The molecule has 1 aliphatic carbocycles. The molecule has 3 aliphatic rings. The van der Waals surface area contributed by atoms with Gasteiger partial charge in [-0.1, -0.05) is 6.07 Å². The lowest BCUT2D eigenvalue weighted by Crippen LogP contribution is -2.46. The molecule has 2 aliphatic heterocycles. The van der Waals surface area contributed by atoms with Crippen molar-refractivity contribution in [1.29, 1.82) is 0 Å². The molecule has 5 rings (SSSR count). The van der Waals surface area contributed by atoms with Crippen LogP contribution in [0.5, 0.6) is 5.88 Å². The number of rotatable bonds is 10. The average Bonchev–Trinajstić information content (AvgIpc) is 3.60. The zero-order valence-electron chi connectivity index (χ0n) is 21.1. The van der Waals surface area contributed by atoms with E-state index in [0.29, 0.717) is 46.6 Å². The Balaban J connectivity index is 1.32. The van der Waals surface area contributed by atoms with Gasteiger partial charge in [0, 0.05) is 38.2 Å². The zero-order valence-corrected chi connectivity index (χ0v) is 22.0. The summed E-state index contributed by atoms with van der Waals surface area (Å²) < 4.78 is 32.8. The van der Waals surface area contributed by atoms with E-state index in [0.717, 1.165) is 39.0 Å². The summed E-state index contributed by atoms with van der Waals surface area (Å²) in [6.07, 6.45) is 4.64. The lowest BCUT2D eigenvalue weighted by molar-refractivity contribution is 0.0839. The van der Waals surface area contributed by atoms with E-state index in [2.05, 4.69) is 31.9 Å². The van der Waals surface area contributed by atoms with E-state index in [1.165, 1.54) is 12.8 Å². The number of aliphatic hydroxyl groups excluding tert-OH is 1. The van der Waals surface area contributed by atoms with Gasteiger partial charge in [-0.3, -0.25) is 9.52 Å². The van der Waals surface area contributed by atoms with Gasteiger partial charge in [-0.2, -0.15) is 4.98 Å². The van der Waals surface area contributed by atoms with Crippen molar-refractivity contribution in [2.24, 2.45) is 11.3 Å². The molecule has 1 saturated carbocycles. The van der Waals surface area contributed by atoms with Crippen LogP contribution >= 0.6 is 0 Å². The fourth-order valence-corrected chi connectivity index (χ4v) is 6.01. The Labute approximate surface area is 218 Å². The van der Waals surface area contributed by atoms with Crippen molar-refractivity contribution < 1.29 is 23.1 Å². The van der Waals surface area contributed by atoms with E-state index >= 15 is 0 Å². The van der Waals surface area contributed by atoms with Crippen LogP contribution in [0.1, 0.15) is 36.0 Å². The lowest BCUT2D eigenvalue weighted by atomic mass is 9.93. The molecule has 0 radical (unpaired) electrons. The third-order valence-electron chi connectivity index (χ3n) is 7.57. The van der Waals surface area contributed by atoms with E-state index in [1.54, 1.807) is 36.4 Å². The molecule has 200 valence electrons. The number of piperidine rings is 1. The molecule has 0 unspecified atom stereocenters. The van der Waals surface area contributed by atoms with E-state index in [9.17, 15) is 13.2 Å². The molecule has 2 saturated heterocycles. The molecular weight excluding hydrogens is 494 g/mol. The Hall–Kier alpha value is -2.89. The number of pyridine rings is 1. The molecule has 0 bridgehead atoms. The number of hydrogen-bond acceptors (Lipinski definition) is 8. The summed E-state index contributed by atoms with van der Waals surface area (Å²) >= 11 is 0. The van der Waals surface area contributed by atoms with E-state index < -0.39 is 22.4 Å². The summed E-state index contributed by atoms with van der Waals surface area (Å²) in [5.41, 5.74) is 1.95. The van der Waals surface area contributed by atoms with Gasteiger partial charge < -0.3 is 25.0 Å². The summed E-state index contributed by atoms with van der Waals surface area (Å²) in [6, 6.07) is 10.2. The van der Waals surface area contributed by atoms with Gasteiger partial charge in [0.2, 0.25) is 15.9 Å². The van der Waals surface area contributed by atoms with Crippen LogP contribution in [0.4, 0.5) is 17.2 Å². The van der Waals surface area contributed by atoms with Gasteiger partial charge in [-0.25, -0.2) is 8.42 Å². The van der Waals surface area contributed by atoms with Crippen LogP contribution in [0.3, 0.4) is 0 Å². The maximum Gasteiger partial charge on any atom is 0.258 e. The third kappa shape index (κ3) is 6.34. The van der Waals surface area contributed by atoms with Crippen molar-refractivity contribution in [2.45, 2.75) is 25.7 Å². The van der Waals surface area contributed by atoms with Gasteiger partial charge >= 0.3 is 0 Å².